The molecule has 0 aliphatic carbocycles. The highest BCUT2D eigenvalue weighted by atomic mass is 35.5. The Morgan fingerprint density at radius 1 is 1.14 bits per heavy atom. The Morgan fingerprint density at radius 3 is 2.43 bits per heavy atom. The van der Waals surface area contributed by atoms with E-state index in [1.54, 1.807) is 30.3 Å². The molecule has 2 aromatic rings. The molecule has 0 saturated carbocycles. The van der Waals surface area contributed by atoms with E-state index in [1.807, 2.05) is 0 Å². The van der Waals surface area contributed by atoms with Crippen LogP contribution in [0.3, 0.4) is 0 Å². The van der Waals surface area contributed by atoms with Gasteiger partial charge in [-0.3, -0.25) is 9.00 Å². The summed E-state index contributed by atoms with van der Waals surface area (Å²) in [5.41, 5.74) is 12.3. The minimum atomic E-state index is -1.37. The molecule has 0 bridgehead atoms. The fourth-order valence-corrected chi connectivity index (χ4v) is 3.50. The van der Waals surface area contributed by atoms with Gasteiger partial charge in [-0.15, -0.1) is 0 Å². The highest BCUT2D eigenvalue weighted by Gasteiger charge is 2.12. The first-order valence-corrected chi connectivity index (χ1v) is 7.97. The Hall–Kier alpha value is -1.56. The fourth-order valence-electron chi connectivity index (χ4n) is 1.76. The lowest BCUT2D eigenvalue weighted by Crippen LogP contribution is -2.11. The summed E-state index contributed by atoms with van der Waals surface area (Å²) in [5.74, 6) is -0.379. The summed E-state index contributed by atoms with van der Waals surface area (Å²) in [6, 6.07) is 9.44. The number of halogens is 2. The first-order chi connectivity index (χ1) is 9.88. The Kier molecular flexibility index (Phi) is 4.88. The molecule has 110 valence electrons. The standard InChI is InChI=1S/C14H12Cl2N2O2S/c15-10-3-4-13(12(17)6-10)21(20)7-9-2-1-8(14(18)19)5-11(9)16/h1-6H,7,17H2,(H2,18,19). The van der Waals surface area contributed by atoms with E-state index in [4.69, 9.17) is 34.7 Å². The van der Waals surface area contributed by atoms with Gasteiger partial charge in [0.15, 0.2) is 0 Å². The Bertz CT molecular complexity index is 735. The number of primary amides is 1. The number of carbonyl (C=O) groups excluding carboxylic acids is 1. The van der Waals surface area contributed by atoms with Crippen LogP contribution in [0.2, 0.25) is 10.0 Å². The summed E-state index contributed by atoms with van der Waals surface area (Å²) < 4.78 is 12.4. The van der Waals surface area contributed by atoms with Crippen LogP contribution in [0.15, 0.2) is 41.3 Å². The van der Waals surface area contributed by atoms with Crippen molar-refractivity contribution in [2.24, 2.45) is 5.73 Å². The average molecular weight is 343 g/mol. The minimum absolute atomic E-state index is 0.184. The highest BCUT2D eigenvalue weighted by molar-refractivity contribution is 7.84. The van der Waals surface area contributed by atoms with Gasteiger partial charge in [-0.05, 0) is 35.9 Å². The maximum Gasteiger partial charge on any atom is 0.248 e. The molecule has 0 spiro atoms. The van der Waals surface area contributed by atoms with Crippen molar-refractivity contribution in [3.63, 3.8) is 0 Å². The van der Waals surface area contributed by atoms with Crippen molar-refractivity contribution in [1.29, 1.82) is 0 Å². The lowest BCUT2D eigenvalue weighted by atomic mass is 10.1. The van der Waals surface area contributed by atoms with Crippen molar-refractivity contribution in [1.82, 2.24) is 0 Å². The van der Waals surface area contributed by atoms with Crippen LogP contribution in [-0.4, -0.2) is 10.1 Å². The van der Waals surface area contributed by atoms with E-state index >= 15 is 0 Å². The Morgan fingerprint density at radius 2 is 1.86 bits per heavy atom. The second kappa shape index (κ2) is 6.47. The van der Waals surface area contributed by atoms with Crippen molar-refractivity contribution < 1.29 is 9.00 Å². The highest BCUT2D eigenvalue weighted by Crippen LogP contribution is 2.25. The molecule has 1 atom stereocenters. The first-order valence-electron chi connectivity index (χ1n) is 5.90. The van der Waals surface area contributed by atoms with Crippen LogP contribution >= 0.6 is 23.2 Å². The average Bonchev–Trinajstić information content (AvgIpc) is 2.40. The predicted molar refractivity (Wildman–Crippen MR) is 85.9 cm³/mol. The Balaban J connectivity index is 2.25. The van der Waals surface area contributed by atoms with Gasteiger partial charge in [-0.1, -0.05) is 29.3 Å². The van der Waals surface area contributed by atoms with E-state index in [1.165, 1.54) is 6.07 Å². The second-order valence-electron chi connectivity index (χ2n) is 4.34. The zero-order valence-corrected chi connectivity index (χ0v) is 13.1. The third-order valence-corrected chi connectivity index (χ3v) is 4.86. The molecule has 1 amide bonds. The van der Waals surface area contributed by atoms with Gasteiger partial charge in [0.25, 0.3) is 0 Å². The molecule has 0 heterocycles. The summed E-state index contributed by atoms with van der Waals surface area (Å²) in [5, 5.41) is 0.823. The molecule has 4 N–H and O–H groups in total. The number of carbonyl (C=O) groups is 1. The fraction of sp³-hybridized carbons (Fsp3) is 0.0714. The molecule has 2 aromatic carbocycles. The monoisotopic (exact) mass is 342 g/mol. The van der Waals surface area contributed by atoms with Gasteiger partial charge in [0, 0.05) is 21.3 Å². The van der Waals surface area contributed by atoms with Crippen LogP contribution in [-0.2, 0) is 16.6 Å². The number of rotatable bonds is 4. The predicted octanol–water partition coefficient (Wildman–Crippen LogP) is 2.98. The normalized spacial score (nSPS) is 12.1. The van der Waals surface area contributed by atoms with E-state index in [0.717, 1.165) is 0 Å². The summed E-state index contributed by atoms with van der Waals surface area (Å²) in [6.45, 7) is 0. The van der Waals surface area contributed by atoms with Crippen LogP contribution in [0.1, 0.15) is 15.9 Å². The van der Waals surface area contributed by atoms with E-state index in [-0.39, 0.29) is 5.75 Å². The molecule has 1 unspecified atom stereocenters. The van der Waals surface area contributed by atoms with E-state index < -0.39 is 16.7 Å². The van der Waals surface area contributed by atoms with Crippen molar-refractivity contribution in [2.45, 2.75) is 10.6 Å². The molecular weight excluding hydrogens is 331 g/mol. The molecule has 2 rings (SSSR count). The van der Waals surface area contributed by atoms with Crippen LogP contribution < -0.4 is 11.5 Å². The number of anilines is 1. The maximum atomic E-state index is 12.4. The van der Waals surface area contributed by atoms with E-state index in [0.29, 0.717) is 31.8 Å². The topological polar surface area (TPSA) is 86.2 Å². The van der Waals surface area contributed by atoms with Gasteiger partial charge in [0.2, 0.25) is 5.91 Å². The van der Waals surface area contributed by atoms with Gasteiger partial charge < -0.3 is 11.5 Å². The van der Waals surface area contributed by atoms with Crippen molar-refractivity contribution in [3.05, 3.63) is 57.6 Å². The molecule has 4 nitrogen and oxygen atoms in total. The molecule has 0 aliphatic heterocycles. The van der Waals surface area contributed by atoms with Gasteiger partial charge in [-0.2, -0.15) is 0 Å². The van der Waals surface area contributed by atoms with Crippen molar-refractivity contribution >= 4 is 45.6 Å². The third-order valence-electron chi connectivity index (χ3n) is 2.84. The molecule has 21 heavy (non-hydrogen) atoms. The summed E-state index contributed by atoms with van der Waals surface area (Å²) in [6.07, 6.45) is 0. The second-order valence-corrected chi connectivity index (χ2v) is 6.61. The van der Waals surface area contributed by atoms with Crippen LogP contribution in [0.5, 0.6) is 0 Å². The zero-order chi connectivity index (χ0) is 15.6. The zero-order valence-electron chi connectivity index (χ0n) is 10.8. The molecule has 0 aromatic heterocycles. The van der Waals surface area contributed by atoms with Gasteiger partial charge in [0.1, 0.15) is 0 Å². The number of benzene rings is 2. The van der Waals surface area contributed by atoms with E-state index in [9.17, 15) is 9.00 Å². The van der Waals surface area contributed by atoms with Crippen molar-refractivity contribution in [2.75, 3.05) is 5.73 Å². The number of hydrogen-bond acceptors (Lipinski definition) is 3. The van der Waals surface area contributed by atoms with Crippen molar-refractivity contribution in [3.8, 4) is 0 Å². The quantitative estimate of drug-likeness (QED) is 0.837. The van der Waals surface area contributed by atoms with Crippen LogP contribution in [0, 0.1) is 0 Å². The lowest BCUT2D eigenvalue weighted by Gasteiger charge is -2.08. The number of hydrogen-bond donors (Lipinski definition) is 2. The summed E-state index contributed by atoms with van der Waals surface area (Å²) >= 11 is 11.9. The largest absolute Gasteiger partial charge is 0.398 e. The number of amides is 1. The molecular formula is C14H12Cl2N2O2S. The molecule has 0 saturated heterocycles. The summed E-state index contributed by atoms with van der Waals surface area (Å²) in [4.78, 5) is 11.6. The number of nitrogen functional groups attached to an aromatic ring is 1. The molecule has 7 heteroatoms. The van der Waals surface area contributed by atoms with E-state index in [2.05, 4.69) is 0 Å². The summed E-state index contributed by atoms with van der Waals surface area (Å²) in [7, 11) is -1.37. The molecule has 0 aliphatic rings. The SMILES string of the molecule is NC(=O)c1ccc(CS(=O)c2ccc(Cl)cc2N)c(Cl)c1. The number of nitrogens with two attached hydrogens (primary N) is 2. The minimum Gasteiger partial charge on any atom is -0.398 e. The molecule has 0 fully saturated rings. The third kappa shape index (κ3) is 3.75. The van der Waals surface area contributed by atoms with Gasteiger partial charge >= 0.3 is 0 Å². The first kappa shape index (κ1) is 15.8. The maximum absolute atomic E-state index is 12.4. The van der Waals surface area contributed by atoms with Gasteiger partial charge in [-0.25, -0.2) is 0 Å². The Labute approximate surface area is 134 Å². The smallest absolute Gasteiger partial charge is 0.248 e. The van der Waals surface area contributed by atoms with Gasteiger partial charge in [0.05, 0.1) is 21.4 Å². The molecule has 0 radical (unpaired) electrons. The lowest BCUT2D eigenvalue weighted by molar-refractivity contribution is 0.100. The van der Waals surface area contributed by atoms with Crippen LogP contribution in [0.4, 0.5) is 5.69 Å². The van der Waals surface area contributed by atoms with Crippen LogP contribution in [0.25, 0.3) is 0 Å².